The first-order valence-corrected chi connectivity index (χ1v) is 12.1. The second-order valence-corrected chi connectivity index (χ2v) is 9.20. The molecule has 180 valence electrons. The minimum atomic E-state index is -0.591. The number of pyridine rings is 2. The number of rotatable bonds is 6. The summed E-state index contributed by atoms with van der Waals surface area (Å²) in [6, 6.07) is 4.99. The van der Waals surface area contributed by atoms with E-state index < -0.39 is 6.67 Å². The predicted octanol–water partition coefficient (Wildman–Crippen LogP) is 4.91. The molecule has 0 unspecified atom stereocenters. The van der Waals surface area contributed by atoms with Crippen molar-refractivity contribution in [2.24, 2.45) is 0 Å². The highest BCUT2D eigenvalue weighted by atomic mass is 35.5. The molecule has 7 nitrogen and oxygen atoms in total. The molecule has 4 rings (SSSR count). The number of carbonyl (C=O) groups excluding carboxylic acids is 2. The number of halogens is 2. The molecular weight excluding hydrogens is 457 g/mol. The number of carbonyl (C=O) groups is 2. The SMILES string of the molecule is O=C(Cc1cnc(C2=CCN(C(=O)Nc3ccc(CF)cn3)CC2)c(Cl)c1)NC1CCCCC1. The second-order valence-electron chi connectivity index (χ2n) is 8.79. The molecule has 0 aromatic carbocycles. The van der Waals surface area contributed by atoms with E-state index in [1.54, 1.807) is 29.3 Å². The maximum Gasteiger partial charge on any atom is 0.323 e. The number of hydrogen-bond acceptors (Lipinski definition) is 4. The average Bonchev–Trinajstić information content (AvgIpc) is 2.85. The molecule has 0 atom stereocenters. The van der Waals surface area contributed by atoms with Gasteiger partial charge in [-0.05, 0) is 42.5 Å². The molecular formula is C25H29ClFN5O2. The lowest BCUT2D eigenvalue weighted by atomic mass is 9.95. The molecule has 0 spiro atoms. The van der Waals surface area contributed by atoms with Gasteiger partial charge in [-0.15, -0.1) is 0 Å². The van der Waals surface area contributed by atoms with Gasteiger partial charge in [0.05, 0.1) is 17.1 Å². The summed E-state index contributed by atoms with van der Waals surface area (Å²) in [6.07, 6.45) is 11.6. The van der Waals surface area contributed by atoms with Crippen LogP contribution in [0.15, 0.2) is 36.7 Å². The van der Waals surface area contributed by atoms with E-state index in [4.69, 9.17) is 11.6 Å². The quantitative estimate of drug-likeness (QED) is 0.608. The summed E-state index contributed by atoms with van der Waals surface area (Å²) in [5, 5.41) is 6.35. The fourth-order valence-corrected chi connectivity index (χ4v) is 4.67. The van der Waals surface area contributed by atoms with Gasteiger partial charge in [0.1, 0.15) is 12.5 Å². The topological polar surface area (TPSA) is 87.2 Å². The summed E-state index contributed by atoms with van der Waals surface area (Å²) in [4.78, 5) is 35.1. The lowest BCUT2D eigenvalue weighted by Crippen LogP contribution is -2.38. The zero-order chi connectivity index (χ0) is 23.9. The van der Waals surface area contributed by atoms with E-state index >= 15 is 0 Å². The fraction of sp³-hybridized carbons (Fsp3) is 0.440. The van der Waals surface area contributed by atoms with Crippen LogP contribution in [0.2, 0.25) is 5.02 Å². The number of amides is 3. The van der Waals surface area contributed by atoms with Crippen molar-refractivity contribution in [2.45, 2.75) is 57.7 Å². The predicted molar refractivity (Wildman–Crippen MR) is 130 cm³/mol. The molecule has 2 aromatic rings. The molecule has 3 heterocycles. The van der Waals surface area contributed by atoms with Crippen molar-refractivity contribution in [1.29, 1.82) is 0 Å². The van der Waals surface area contributed by atoms with Crippen molar-refractivity contribution >= 4 is 34.9 Å². The Hall–Kier alpha value is -3.00. The van der Waals surface area contributed by atoms with Gasteiger partial charge >= 0.3 is 6.03 Å². The van der Waals surface area contributed by atoms with Gasteiger partial charge in [-0.1, -0.05) is 43.0 Å². The van der Waals surface area contributed by atoms with Crippen molar-refractivity contribution in [2.75, 3.05) is 18.4 Å². The Morgan fingerprint density at radius 3 is 2.56 bits per heavy atom. The molecule has 0 radical (unpaired) electrons. The Balaban J connectivity index is 1.31. The smallest absolute Gasteiger partial charge is 0.323 e. The Labute approximate surface area is 203 Å². The lowest BCUT2D eigenvalue weighted by Gasteiger charge is -2.26. The van der Waals surface area contributed by atoms with Crippen molar-refractivity contribution in [3.63, 3.8) is 0 Å². The van der Waals surface area contributed by atoms with Crippen molar-refractivity contribution in [1.82, 2.24) is 20.2 Å². The minimum Gasteiger partial charge on any atom is -0.353 e. The molecule has 1 saturated carbocycles. The molecule has 2 N–H and O–H groups in total. The third-order valence-corrected chi connectivity index (χ3v) is 6.54. The summed E-state index contributed by atoms with van der Waals surface area (Å²) >= 11 is 6.51. The van der Waals surface area contributed by atoms with E-state index in [0.29, 0.717) is 41.6 Å². The Morgan fingerprint density at radius 1 is 1.12 bits per heavy atom. The van der Waals surface area contributed by atoms with Gasteiger partial charge < -0.3 is 10.2 Å². The van der Waals surface area contributed by atoms with Crippen LogP contribution in [0.1, 0.15) is 55.3 Å². The van der Waals surface area contributed by atoms with Gasteiger partial charge in [-0.3, -0.25) is 15.1 Å². The summed E-state index contributed by atoms with van der Waals surface area (Å²) < 4.78 is 12.6. The molecule has 1 aliphatic heterocycles. The molecule has 2 aromatic heterocycles. The molecule has 0 saturated heterocycles. The highest BCUT2D eigenvalue weighted by Crippen LogP contribution is 2.28. The summed E-state index contributed by atoms with van der Waals surface area (Å²) in [6.45, 7) is 0.323. The average molecular weight is 486 g/mol. The summed E-state index contributed by atoms with van der Waals surface area (Å²) in [5.74, 6) is 0.384. The number of alkyl halides is 1. The van der Waals surface area contributed by atoms with E-state index in [2.05, 4.69) is 20.6 Å². The molecule has 2 aliphatic rings. The Bertz CT molecular complexity index is 1050. The van der Waals surface area contributed by atoms with Crippen LogP contribution in [0.4, 0.5) is 15.0 Å². The first-order valence-electron chi connectivity index (χ1n) is 11.7. The normalized spacial score (nSPS) is 16.6. The Morgan fingerprint density at radius 2 is 1.91 bits per heavy atom. The van der Waals surface area contributed by atoms with Gasteiger partial charge in [0.25, 0.3) is 0 Å². The maximum absolute atomic E-state index is 12.6. The highest BCUT2D eigenvalue weighted by molar-refractivity contribution is 6.32. The van der Waals surface area contributed by atoms with Gasteiger partial charge in [0, 0.05) is 37.1 Å². The molecule has 34 heavy (non-hydrogen) atoms. The first kappa shape index (κ1) is 24.1. The number of aromatic nitrogens is 2. The Kier molecular flexibility index (Phi) is 8.11. The van der Waals surface area contributed by atoms with Crippen molar-refractivity contribution in [3.05, 3.63) is 58.5 Å². The molecule has 1 aliphatic carbocycles. The zero-order valence-electron chi connectivity index (χ0n) is 19.0. The molecule has 9 heteroatoms. The number of anilines is 1. The van der Waals surface area contributed by atoms with Crippen LogP contribution >= 0.6 is 11.6 Å². The lowest BCUT2D eigenvalue weighted by molar-refractivity contribution is -0.121. The molecule has 3 amide bonds. The van der Waals surface area contributed by atoms with Gasteiger partial charge in [-0.25, -0.2) is 14.2 Å². The van der Waals surface area contributed by atoms with Crippen LogP contribution in [0.5, 0.6) is 0 Å². The van der Waals surface area contributed by atoms with E-state index in [9.17, 15) is 14.0 Å². The zero-order valence-corrected chi connectivity index (χ0v) is 19.8. The maximum atomic E-state index is 12.6. The van der Waals surface area contributed by atoms with Gasteiger partial charge in [-0.2, -0.15) is 0 Å². The number of urea groups is 1. The van der Waals surface area contributed by atoms with Crippen molar-refractivity contribution < 1.29 is 14.0 Å². The third-order valence-electron chi connectivity index (χ3n) is 6.25. The van der Waals surface area contributed by atoms with E-state index in [1.807, 2.05) is 6.08 Å². The number of hydrogen-bond donors (Lipinski definition) is 2. The fourth-order valence-electron chi connectivity index (χ4n) is 4.36. The van der Waals surface area contributed by atoms with Crippen LogP contribution in [-0.2, 0) is 17.9 Å². The standard InChI is InChI=1S/C25H29ClFN5O2/c26-21-12-18(13-23(33)30-20-4-2-1-3-5-20)16-29-24(21)19-8-10-32(11-9-19)25(34)31-22-7-6-17(14-27)15-28-22/h6-8,12,15-16,20H,1-5,9-11,13-14H2,(H,30,33)(H,28,31,34). The van der Waals surface area contributed by atoms with Crippen LogP contribution in [0, 0.1) is 0 Å². The van der Waals surface area contributed by atoms with Gasteiger partial charge in [0.2, 0.25) is 5.91 Å². The largest absolute Gasteiger partial charge is 0.353 e. The monoisotopic (exact) mass is 485 g/mol. The first-order chi connectivity index (χ1) is 16.5. The molecule has 1 fully saturated rings. The van der Waals surface area contributed by atoms with E-state index in [0.717, 1.165) is 24.0 Å². The van der Waals surface area contributed by atoms with Gasteiger partial charge in [0.15, 0.2) is 0 Å². The molecule has 0 bridgehead atoms. The van der Waals surface area contributed by atoms with E-state index in [1.165, 1.54) is 25.5 Å². The van der Waals surface area contributed by atoms with E-state index in [-0.39, 0.29) is 24.4 Å². The van der Waals surface area contributed by atoms with Crippen LogP contribution in [-0.4, -0.2) is 45.9 Å². The second kappa shape index (κ2) is 11.4. The van der Waals surface area contributed by atoms with Crippen LogP contribution < -0.4 is 10.6 Å². The van der Waals surface area contributed by atoms with Crippen LogP contribution in [0.3, 0.4) is 0 Å². The van der Waals surface area contributed by atoms with Crippen LogP contribution in [0.25, 0.3) is 5.57 Å². The summed E-state index contributed by atoms with van der Waals surface area (Å²) in [5.41, 5.74) is 2.90. The highest BCUT2D eigenvalue weighted by Gasteiger charge is 2.21. The minimum absolute atomic E-state index is 0.00452. The number of nitrogens with one attached hydrogen (secondary N) is 2. The number of nitrogens with zero attached hydrogens (tertiary/aromatic N) is 3. The third kappa shape index (κ3) is 6.32. The summed E-state index contributed by atoms with van der Waals surface area (Å²) in [7, 11) is 0. The van der Waals surface area contributed by atoms with Crippen molar-refractivity contribution in [3.8, 4) is 0 Å².